The normalized spacial score (nSPS) is 23.9. The Bertz CT molecular complexity index is 1230. The molecule has 0 aliphatic carbocycles. The van der Waals surface area contributed by atoms with Gasteiger partial charge in [0, 0.05) is 43.1 Å². The number of rotatable bonds is 4. The van der Waals surface area contributed by atoms with Gasteiger partial charge in [-0.2, -0.15) is 0 Å². The molecule has 1 atom stereocenters. The minimum Gasteiger partial charge on any atom is -0.378 e. The summed E-state index contributed by atoms with van der Waals surface area (Å²) in [7, 11) is 1.80. The monoisotopic (exact) mass is 518 g/mol. The fraction of sp³-hybridized carbons (Fsp3) is 0.467. The van der Waals surface area contributed by atoms with Crippen molar-refractivity contribution < 1.29 is 9.53 Å². The molecule has 3 aliphatic heterocycles. The van der Waals surface area contributed by atoms with E-state index in [2.05, 4.69) is 74.8 Å². The van der Waals surface area contributed by atoms with Crippen LogP contribution in [0.4, 0.5) is 17.1 Å². The van der Waals surface area contributed by atoms with Crippen LogP contribution in [0, 0.1) is 0 Å². The highest BCUT2D eigenvalue weighted by molar-refractivity contribution is 8.18. The molecule has 2 saturated heterocycles. The number of carbonyl (C=O) groups is 1. The number of ether oxygens (including phenoxy) is 1. The molecule has 2 aromatic carbocycles. The van der Waals surface area contributed by atoms with Crippen LogP contribution in [0.15, 0.2) is 52.4 Å². The molecule has 5 rings (SSSR count). The molecule has 0 bridgehead atoms. The van der Waals surface area contributed by atoms with Crippen LogP contribution in [0.25, 0.3) is 6.08 Å². The largest absolute Gasteiger partial charge is 0.378 e. The molecule has 6 nitrogen and oxygen atoms in total. The van der Waals surface area contributed by atoms with Crippen molar-refractivity contribution in [2.24, 2.45) is 4.99 Å². The zero-order valence-corrected chi connectivity index (χ0v) is 23.6. The van der Waals surface area contributed by atoms with E-state index in [1.165, 1.54) is 28.7 Å². The van der Waals surface area contributed by atoms with Crippen molar-refractivity contribution >= 4 is 46.0 Å². The number of likely N-dealkylation sites (N-methyl/N-ethyl adjacent to an activating group) is 1. The lowest BCUT2D eigenvalue weighted by molar-refractivity contribution is -0.121. The van der Waals surface area contributed by atoms with Crippen molar-refractivity contribution in [1.29, 1.82) is 0 Å². The Morgan fingerprint density at radius 1 is 1.11 bits per heavy atom. The van der Waals surface area contributed by atoms with Crippen LogP contribution >= 0.6 is 11.8 Å². The van der Waals surface area contributed by atoms with E-state index in [0.717, 1.165) is 44.0 Å². The second-order valence-corrected chi connectivity index (χ2v) is 12.2. The molecule has 37 heavy (non-hydrogen) atoms. The lowest BCUT2D eigenvalue weighted by Crippen LogP contribution is -2.51. The maximum atomic E-state index is 13.1. The number of morpholine rings is 1. The zero-order valence-electron chi connectivity index (χ0n) is 22.8. The molecule has 0 saturated carbocycles. The number of amidine groups is 1. The van der Waals surface area contributed by atoms with Crippen LogP contribution in [0.5, 0.6) is 0 Å². The lowest BCUT2D eigenvalue weighted by Gasteiger charge is -2.50. The summed E-state index contributed by atoms with van der Waals surface area (Å²) in [4.78, 5) is 25.1. The van der Waals surface area contributed by atoms with Crippen LogP contribution in [-0.4, -0.2) is 60.9 Å². The molecule has 2 aromatic rings. The van der Waals surface area contributed by atoms with Crippen LogP contribution in [0.2, 0.25) is 0 Å². The molecule has 0 spiro atoms. The summed E-state index contributed by atoms with van der Waals surface area (Å²) in [6.07, 6.45) is 3.12. The van der Waals surface area contributed by atoms with Gasteiger partial charge < -0.3 is 14.5 Å². The summed E-state index contributed by atoms with van der Waals surface area (Å²) in [6.45, 7) is 14.9. The van der Waals surface area contributed by atoms with Crippen molar-refractivity contribution in [1.82, 2.24) is 4.90 Å². The molecule has 7 heteroatoms. The lowest BCUT2D eigenvalue weighted by atomic mass is 9.79. The maximum absolute atomic E-state index is 13.1. The topological polar surface area (TPSA) is 48.4 Å². The Morgan fingerprint density at radius 2 is 1.81 bits per heavy atom. The Labute approximate surface area is 225 Å². The predicted octanol–water partition coefficient (Wildman–Crippen LogP) is 6.26. The van der Waals surface area contributed by atoms with Gasteiger partial charge in [-0.05, 0) is 105 Å². The molecule has 0 radical (unpaired) electrons. The molecule has 1 unspecified atom stereocenters. The van der Waals surface area contributed by atoms with Gasteiger partial charge in [0.05, 0.1) is 23.8 Å². The van der Waals surface area contributed by atoms with Crippen LogP contribution in [0.1, 0.15) is 58.1 Å². The van der Waals surface area contributed by atoms with E-state index in [0.29, 0.717) is 22.0 Å². The highest BCUT2D eigenvalue weighted by atomic mass is 32.2. The molecular weight excluding hydrogens is 480 g/mol. The molecule has 3 heterocycles. The van der Waals surface area contributed by atoms with E-state index < -0.39 is 0 Å². The first kappa shape index (κ1) is 25.9. The minimum atomic E-state index is -0.00982. The Hall–Kier alpha value is -2.77. The highest BCUT2D eigenvalue weighted by Gasteiger charge is 2.38. The number of aliphatic imine (C=N–C) groups is 1. The van der Waals surface area contributed by atoms with Crippen molar-refractivity contribution in [3.63, 3.8) is 0 Å². The maximum Gasteiger partial charge on any atom is 0.266 e. The fourth-order valence-electron chi connectivity index (χ4n) is 6.01. The third kappa shape index (κ3) is 5.16. The van der Waals surface area contributed by atoms with Gasteiger partial charge in [-0.3, -0.25) is 9.69 Å². The second-order valence-electron chi connectivity index (χ2n) is 11.2. The number of thioether (sulfide) groups is 1. The summed E-state index contributed by atoms with van der Waals surface area (Å²) >= 11 is 1.44. The van der Waals surface area contributed by atoms with Crippen molar-refractivity contribution in [3.8, 4) is 0 Å². The summed E-state index contributed by atoms with van der Waals surface area (Å²) in [6, 6.07) is 15.3. The molecule has 3 aliphatic rings. The average Bonchev–Trinajstić information content (AvgIpc) is 3.12. The molecular formula is C30H38N4O2S. The number of hydrogen-bond donors (Lipinski definition) is 0. The van der Waals surface area contributed by atoms with Crippen molar-refractivity contribution in [2.45, 2.75) is 58.5 Å². The Balaban J connectivity index is 1.37. The van der Waals surface area contributed by atoms with E-state index in [4.69, 9.17) is 9.73 Å². The van der Waals surface area contributed by atoms with Crippen LogP contribution in [-0.2, 0) is 9.53 Å². The van der Waals surface area contributed by atoms with Crippen molar-refractivity contribution in [3.05, 3.63) is 58.5 Å². The number of anilines is 2. The Kier molecular flexibility index (Phi) is 7.12. The zero-order chi connectivity index (χ0) is 26.3. The number of hydrogen-bond acceptors (Lipinski definition) is 6. The smallest absolute Gasteiger partial charge is 0.266 e. The van der Waals surface area contributed by atoms with Gasteiger partial charge in [-0.1, -0.05) is 13.0 Å². The third-order valence-electron chi connectivity index (χ3n) is 7.57. The van der Waals surface area contributed by atoms with Gasteiger partial charge >= 0.3 is 0 Å². The molecule has 1 amide bonds. The molecule has 2 fully saturated rings. The predicted molar refractivity (Wildman–Crippen MR) is 156 cm³/mol. The first-order valence-corrected chi connectivity index (χ1v) is 14.1. The van der Waals surface area contributed by atoms with Gasteiger partial charge in [0.2, 0.25) is 0 Å². The minimum absolute atomic E-state index is 0.00982. The third-order valence-corrected chi connectivity index (χ3v) is 8.63. The summed E-state index contributed by atoms with van der Waals surface area (Å²) in [5.74, 6) is 0.454. The van der Waals surface area contributed by atoms with E-state index >= 15 is 0 Å². The number of carbonyl (C=O) groups excluding carboxylic acids is 1. The van der Waals surface area contributed by atoms with Crippen molar-refractivity contribution in [2.75, 3.05) is 43.2 Å². The summed E-state index contributed by atoms with van der Waals surface area (Å²) in [5.41, 5.74) is 5.88. The number of amides is 1. The molecule has 0 aromatic heterocycles. The number of benzene rings is 2. The SMILES string of the molecule is CC1CC(C)(C)N(C(C)C)c2ccc(/C=C3\SC(=Nc4ccc(N5CCOCC5)cc4)N(C)C3=O)cc21. The van der Waals surface area contributed by atoms with Gasteiger partial charge in [-0.15, -0.1) is 0 Å². The summed E-state index contributed by atoms with van der Waals surface area (Å²) in [5, 5.41) is 0.703. The first-order valence-electron chi connectivity index (χ1n) is 13.3. The van der Waals surface area contributed by atoms with Gasteiger partial charge in [0.1, 0.15) is 0 Å². The van der Waals surface area contributed by atoms with E-state index in [1.54, 1.807) is 11.9 Å². The van der Waals surface area contributed by atoms with Crippen LogP contribution in [0.3, 0.4) is 0 Å². The molecule has 0 N–H and O–H groups in total. The average molecular weight is 519 g/mol. The first-order chi connectivity index (χ1) is 17.6. The van der Waals surface area contributed by atoms with Gasteiger partial charge in [0.15, 0.2) is 5.17 Å². The van der Waals surface area contributed by atoms with Gasteiger partial charge in [-0.25, -0.2) is 4.99 Å². The fourth-order valence-corrected chi connectivity index (χ4v) is 7.00. The standard InChI is InChI=1S/C30H38N4O2S/c1-20(2)34-26-12-7-22(17-25(26)21(3)19-30(34,4)5)18-27-28(35)32(6)29(37-27)31-23-8-10-24(11-9-23)33-13-15-36-16-14-33/h7-12,17-18,20-21H,13-16,19H2,1-6H3/b27-18-,31-29?. The quantitative estimate of drug-likeness (QED) is 0.447. The Morgan fingerprint density at radius 3 is 2.49 bits per heavy atom. The summed E-state index contributed by atoms with van der Waals surface area (Å²) < 4.78 is 5.45. The number of fused-ring (bicyclic) bond motifs is 1. The van der Waals surface area contributed by atoms with E-state index in [-0.39, 0.29) is 11.4 Å². The van der Waals surface area contributed by atoms with E-state index in [9.17, 15) is 4.79 Å². The second kappa shape index (κ2) is 10.2. The van der Waals surface area contributed by atoms with E-state index in [1.807, 2.05) is 18.2 Å². The van der Waals surface area contributed by atoms with Crippen LogP contribution < -0.4 is 9.80 Å². The molecule has 196 valence electrons. The highest BCUT2D eigenvalue weighted by Crippen LogP contribution is 2.45. The number of nitrogens with zero attached hydrogens (tertiary/aromatic N) is 4. The van der Waals surface area contributed by atoms with Gasteiger partial charge in [0.25, 0.3) is 5.91 Å².